The van der Waals surface area contributed by atoms with Crippen LogP contribution in [0.1, 0.15) is 56.7 Å². The summed E-state index contributed by atoms with van der Waals surface area (Å²) in [5.74, 6) is 1.47. The van der Waals surface area contributed by atoms with Crippen LogP contribution in [-0.2, 0) is 16.0 Å². The number of carbonyl (C=O) groups excluding carboxylic acids is 2. The average molecular weight is 300 g/mol. The molecule has 1 aromatic rings. The number of fused-ring (bicyclic) bond motifs is 1. The Bertz CT molecular complexity index is 593. The fourth-order valence-electron chi connectivity index (χ4n) is 3.18. The zero-order valence-corrected chi connectivity index (χ0v) is 13.3. The van der Waals surface area contributed by atoms with Crippen LogP contribution in [0, 0.1) is 11.8 Å². The van der Waals surface area contributed by atoms with E-state index in [9.17, 15) is 9.59 Å². The molecule has 0 aromatic heterocycles. The Hall–Kier alpha value is -1.84. The van der Waals surface area contributed by atoms with Crippen LogP contribution in [0.5, 0.6) is 0 Å². The number of anilines is 1. The predicted octanol–water partition coefficient (Wildman–Crippen LogP) is 3.18. The summed E-state index contributed by atoms with van der Waals surface area (Å²) in [6.45, 7) is 4.19. The molecule has 1 fully saturated rings. The van der Waals surface area contributed by atoms with Crippen molar-refractivity contribution in [2.75, 3.05) is 5.32 Å². The van der Waals surface area contributed by atoms with E-state index in [-0.39, 0.29) is 17.9 Å². The Morgan fingerprint density at radius 2 is 2.09 bits per heavy atom. The molecule has 0 saturated heterocycles. The highest BCUT2D eigenvalue weighted by Gasteiger charge is 2.29. The first kappa shape index (κ1) is 15.1. The molecule has 3 rings (SSSR count). The van der Waals surface area contributed by atoms with Gasteiger partial charge in [-0.2, -0.15) is 0 Å². The molecular weight excluding hydrogens is 276 g/mol. The molecule has 22 heavy (non-hydrogen) atoms. The molecule has 2 atom stereocenters. The molecule has 1 aromatic carbocycles. The molecule has 2 amide bonds. The van der Waals surface area contributed by atoms with E-state index < -0.39 is 0 Å². The van der Waals surface area contributed by atoms with Crippen molar-refractivity contribution in [1.29, 1.82) is 0 Å². The lowest BCUT2D eigenvalue weighted by Gasteiger charge is -2.21. The van der Waals surface area contributed by atoms with Crippen LogP contribution in [0.25, 0.3) is 0 Å². The van der Waals surface area contributed by atoms with Crippen LogP contribution in [0.15, 0.2) is 18.2 Å². The molecule has 0 radical (unpaired) electrons. The van der Waals surface area contributed by atoms with Gasteiger partial charge in [0.1, 0.15) is 0 Å². The maximum Gasteiger partial charge on any atom is 0.224 e. The van der Waals surface area contributed by atoms with Crippen LogP contribution in [0.4, 0.5) is 5.69 Å². The topological polar surface area (TPSA) is 58.2 Å². The van der Waals surface area contributed by atoms with E-state index in [2.05, 4.69) is 23.6 Å². The minimum Gasteiger partial charge on any atom is -0.350 e. The van der Waals surface area contributed by atoms with Gasteiger partial charge in [0, 0.05) is 18.5 Å². The lowest BCUT2D eigenvalue weighted by atomic mass is 9.97. The van der Waals surface area contributed by atoms with Gasteiger partial charge >= 0.3 is 0 Å². The van der Waals surface area contributed by atoms with Gasteiger partial charge < -0.3 is 10.6 Å². The van der Waals surface area contributed by atoms with Crippen molar-refractivity contribution in [3.05, 3.63) is 29.3 Å². The number of nitrogens with one attached hydrogen (secondary N) is 2. The predicted molar refractivity (Wildman–Crippen MR) is 86.5 cm³/mol. The van der Waals surface area contributed by atoms with E-state index in [1.165, 1.54) is 12.8 Å². The van der Waals surface area contributed by atoms with Crippen LogP contribution < -0.4 is 10.6 Å². The van der Waals surface area contributed by atoms with Crippen molar-refractivity contribution in [3.8, 4) is 0 Å². The van der Waals surface area contributed by atoms with Gasteiger partial charge in [-0.1, -0.05) is 19.1 Å². The lowest BCUT2D eigenvalue weighted by molar-refractivity contribution is -0.122. The molecule has 0 spiro atoms. The van der Waals surface area contributed by atoms with Gasteiger partial charge in [-0.05, 0) is 55.2 Å². The summed E-state index contributed by atoms with van der Waals surface area (Å²) in [5.41, 5.74) is 3.16. The monoisotopic (exact) mass is 300 g/mol. The number of aryl methyl sites for hydroxylation is 1. The molecule has 4 heteroatoms. The first-order chi connectivity index (χ1) is 10.5. The molecule has 1 heterocycles. The van der Waals surface area contributed by atoms with Gasteiger partial charge in [-0.15, -0.1) is 0 Å². The summed E-state index contributed by atoms with van der Waals surface area (Å²) in [7, 11) is 0. The molecule has 0 unspecified atom stereocenters. The summed E-state index contributed by atoms with van der Waals surface area (Å²) in [6.07, 6.45) is 4.49. The molecule has 1 aliphatic heterocycles. The quantitative estimate of drug-likeness (QED) is 0.877. The average Bonchev–Trinajstić information content (AvgIpc) is 3.31. The minimum absolute atomic E-state index is 0.00170. The Morgan fingerprint density at radius 3 is 2.82 bits per heavy atom. The summed E-state index contributed by atoms with van der Waals surface area (Å²) in [5, 5.41) is 5.99. The zero-order valence-electron chi connectivity index (χ0n) is 13.3. The molecule has 1 saturated carbocycles. The number of carbonyl (C=O) groups is 2. The summed E-state index contributed by atoms with van der Waals surface area (Å²) in [4.78, 5) is 23.5. The van der Waals surface area contributed by atoms with Crippen molar-refractivity contribution in [1.82, 2.24) is 5.32 Å². The maximum atomic E-state index is 12.1. The zero-order chi connectivity index (χ0) is 15.7. The van der Waals surface area contributed by atoms with Gasteiger partial charge in [-0.25, -0.2) is 0 Å². The van der Waals surface area contributed by atoms with Gasteiger partial charge in [-0.3, -0.25) is 9.59 Å². The minimum atomic E-state index is 0.00170. The Balaban J connectivity index is 1.60. The second-order valence-corrected chi connectivity index (χ2v) is 6.77. The first-order valence-corrected chi connectivity index (χ1v) is 8.25. The molecule has 4 nitrogen and oxygen atoms in total. The standard InChI is InChI=1S/C18H24N2O2/c1-11(13-3-4-13)9-18(22)19-12(2)14-5-7-16-15(10-14)6-8-17(21)20-16/h5,7,10-13H,3-4,6,8-9H2,1-2H3,(H,19,22)(H,20,21)/t11-,12+/m1/s1. The molecule has 2 aliphatic rings. The number of amides is 2. The Labute approximate surface area is 131 Å². The van der Waals surface area contributed by atoms with Crippen LogP contribution >= 0.6 is 0 Å². The number of hydrogen-bond acceptors (Lipinski definition) is 2. The molecule has 118 valence electrons. The normalized spacial score (nSPS) is 19.8. The van der Waals surface area contributed by atoms with Gasteiger partial charge in [0.15, 0.2) is 0 Å². The van der Waals surface area contributed by atoms with Crippen LogP contribution in [-0.4, -0.2) is 11.8 Å². The molecule has 0 bridgehead atoms. The molecule has 1 aliphatic carbocycles. The molecule has 2 N–H and O–H groups in total. The third kappa shape index (κ3) is 3.49. The van der Waals surface area contributed by atoms with E-state index in [1.54, 1.807) is 0 Å². The van der Waals surface area contributed by atoms with E-state index in [4.69, 9.17) is 0 Å². The van der Waals surface area contributed by atoms with E-state index in [0.29, 0.717) is 18.8 Å². The first-order valence-electron chi connectivity index (χ1n) is 8.25. The van der Waals surface area contributed by atoms with Crippen molar-refractivity contribution < 1.29 is 9.59 Å². The fraction of sp³-hybridized carbons (Fsp3) is 0.556. The van der Waals surface area contributed by atoms with Crippen LogP contribution in [0.3, 0.4) is 0 Å². The van der Waals surface area contributed by atoms with Crippen molar-refractivity contribution in [2.24, 2.45) is 11.8 Å². The summed E-state index contributed by atoms with van der Waals surface area (Å²) < 4.78 is 0. The van der Waals surface area contributed by atoms with Crippen LogP contribution in [0.2, 0.25) is 0 Å². The Kier molecular flexibility index (Phi) is 4.19. The highest BCUT2D eigenvalue weighted by Crippen LogP contribution is 2.38. The maximum absolute atomic E-state index is 12.1. The van der Waals surface area contributed by atoms with E-state index >= 15 is 0 Å². The third-order valence-corrected chi connectivity index (χ3v) is 4.84. The second-order valence-electron chi connectivity index (χ2n) is 6.77. The van der Waals surface area contributed by atoms with Crippen molar-refractivity contribution in [2.45, 2.75) is 52.0 Å². The largest absolute Gasteiger partial charge is 0.350 e. The second kappa shape index (κ2) is 6.11. The highest BCUT2D eigenvalue weighted by atomic mass is 16.2. The van der Waals surface area contributed by atoms with Gasteiger partial charge in [0.2, 0.25) is 11.8 Å². The van der Waals surface area contributed by atoms with Gasteiger partial charge in [0.05, 0.1) is 6.04 Å². The number of benzene rings is 1. The number of rotatable bonds is 5. The Morgan fingerprint density at radius 1 is 1.32 bits per heavy atom. The van der Waals surface area contributed by atoms with E-state index in [1.807, 2.05) is 19.1 Å². The lowest BCUT2D eigenvalue weighted by Crippen LogP contribution is -2.28. The summed E-state index contributed by atoms with van der Waals surface area (Å²) in [6, 6.07) is 6.03. The summed E-state index contributed by atoms with van der Waals surface area (Å²) >= 11 is 0. The number of hydrogen-bond donors (Lipinski definition) is 2. The SMILES string of the molecule is C[C@H](NC(=O)C[C@@H](C)C1CC1)c1ccc2c(c1)CCC(=O)N2. The smallest absolute Gasteiger partial charge is 0.224 e. The van der Waals surface area contributed by atoms with Gasteiger partial charge in [0.25, 0.3) is 0 Å². The van der Waals surface area contributed by atoms with Crippen molar-refractivity contribution >= 4 is 17.5 Å². The third-order valence-electron chi connectivity index (χ3n) is 4.84. The fourth-order valence-corrected chi connectivity index (χ4v) is 3.18. The van der Waals surface area contributed by atoms with E-state index in [0.717, 1.165) is 29.2 Å². The molecular formula is C18H24N2O2. The highest BCUT2D eigenvalue weighted by molar-refractivity contribution is 5.93. The van der Waals surface area contributed by atoms with Crippen molar-refractivity contribution in [3.63, 3.8) is 0 Å².